The molecule has 0 bridgehead atoms. The Morgan fingerprint density at radius 2 is 1.72 bits per heavy atom. The lowest BCUT2D eigenvalue weighted by molar-refractivity contribution is -0.144. The Morgan fingerprint density at radius 1 is 1.07 bits per heavy atom. The van der Waals surface area contributed by atoms with Gasteiger partial charge in [0, 0.05) is 5.56 Å². The number of carbonyl (C=O) groups excluding carboxylic acids is 2. The van der Waals surface area contributed by atoms with Crippen LogP contribution in [-0.4, -0.2) is 34.6 Å². The smallest absolute Gasteiger partial charge is 0.328 e. The summed E-state index contributed by atoms with van der Waals surface area (Å²) in [6.45, 7) is 5.41. The molecule has 0 spiro atoms. The highest BCUT2D eigenvalue weighted by Gasteiger charge is 2.25. The first-order valence-electron chi connectivity index (χ1n) is 9.31. The summed E-state index contributed by atoms with van der Waals surface area (Å²) < 4.78 is 6.26. The van der Waals surface area contributed by atoms with E-state index in [1.165, 1.54) is 11.7 Å². The first-order chi connectivity index (χ1) is 13.8. The fourth-order valence-corrected chi connectivity index (χ4v) is 3.16. The lowest BCUT2D eigenvalue weighted by Gasteiger charge is -2.20. The Hall–Kier alpha value is -3.48. The number of nitrogens with one attached hydrogen (secondary N) is 1. The third-order valence-electron chi connectivity index (χ3n) is 4.74. The number of rotatable bonds is 5. The van der Waals surface area contributed by atoms with Crippen LogP contribution >= 0.6 is 0 Å². The van der Waals surface area contributed by atoms with Crippen molar-refractivity contribution in [3.05, 3.63) is 70.3 Å². The number of nitrogens with zero attached hydrogens (tertiary/aromatic N) is 2. The van der Waals surface area contributed by atoms with Gasteiger partial charge in [-0.1, -0.05) is 26.0 Å². The van der Waals surface area contributed by atoms with Crippen molar-refractivity contribution in [3.63, 3.8) is 0 Å². The van der Waals surface area contributed by atoms with Gasteiger partial charge < -0.3 is 10.1 Å². The van der Waals surface area contributed by atoms with Crippen molar-refractivity contribution >= 4 is 22.8 Å². The number of aryl methyl sites for hydroxylation is 1. The SMILES string of the molecule is COC(=O)[C@@H](NC(=O)c1ccc(-n2c(C)nc3ccccc3c2=O)cc1)C(C)C. The maximum absolute atomic E-state index is 12.9. The molecule has 0 aliphatic carbocycles. The molecular formula is C22H23N3O4. The van der Waals surface area contributed by atoms with Crippen LogP contribution in [0.4, 0.5) is 0 Å². The molecule has 1 heterocycles. The summed E-state index contributed by atoms with van der Waals surface area (Å²) in [6.07, 6.45) is 0. The van der Waals surface area contributed by atoms with Crippen molar-refractivity contribution in [3.8, 4) is 5.69 Å². The van der Waals surface area contributed by atoms with E-state index in [2.05, 4.69) is 10.3 Å². The quantitative estimate of drug-likeness (QED) is 0.673. The van der Waals surface area contributed by atoms with Crippen LogP contribution in [0.15, 0.2) is 53.3 Å². The zero-order valence-electron chi connectivity index (χ0n) is 16.8. The van der Waals surface area contributed by atoms with Gasteiger partial charge in [-0.05, 0) is 49.2 Å². The number of aromatic nitrogens is 2. The molecule has 3 aromatic rings. The van der Waals surface area contributed by atoms with Gasteiger partial charge in [-0.3, -0.25) is 14.2 Å². The van der Waals surface area contributed by atoms with Crippen LogP contribution in [-0.2, 0) is 9.53 Å². The molecule has 3 rings (SSSR count). The Morgan fingerprint density at radius 3 is 2.34 bits per heavy atom. The highest BCUT2D eigenvalue weighted by atomic mass is 16.5. The number of ether oxygens (including phenoxy) is 1. The molecule has 0 aliphatic heterocycles. The van der Waals surface area contributed by atoms with Crippen molar-refractivity contribution in [1.29, 1.82) is 0 Å². The van der Waals surface area contributed by atoms with Crippen molar-refractivity contribution in [2.75, 3.05) is 7.11 Å². The summed E-state index contributed by atoms with van der Waals surface area (Å²) in [5.74, 6) is -0.442. The largest absolute Gasteiger partial charge is 0.467 e. The van der Waals surface area contributed by atoms with E-state index < -0.39 is 12.0 Å². The second-order valence-corrected chi connectivity index (χ2v) is 7.08. The second kappa shape index (κ2) is 8.26. The molecule has 0 saturated heterocycles. The fourth-order valence-electron chi connectivity index (χ4n) is 3.16. The van der Waals surface area contributed by atoms with E-state index in [1.54, 1.807) is 49.4 Å². The number of para-hydroxylation sites is 1. The van der Waals surface area contributed by atoms with Crippen molar-refractivity contribution in [1.82, 2.24) is 14.9 Å². The predicted octanol–water partition coefficient (Wildman–Crippen LogP) is 2.62. The molecule has 7 nitrogen and oxygen atoms in total. The van der Waals surface area contributed by atoms with Gasteiger partial charge in [-0.2, -0.15) is 0 Å². The molecule has 1 atom stereocenters. The van der Waals surface area contributed by atoms with E-state index in [4.69, 9.17) is 4.74 Å². The highest BCUT2D eigenvalue weighted by molar-refractivity contribution is 5.97. The van der Waals surface area contributed by atoms with Gasteiger partial charge in [0.15, 0.2) is 0 Å². The Bertz CT molecular complexity index is 1120. The summed E-state index contributed by atoms with van der Waals surface area (Å²) in [6, 6.07) is 13.0. The molecule has 1 amide bonds. The number of fused-ring (bicyclic) bond motifs is 1. The third-order valence-corrected chi connectivity index (χ3v) is 4.74. The van der Waals surface area contributed by atoms with Crippen molar-refractivity contribution < 1.29 is 14.3 Å². The van der Waals surface area contributed by atoms with Crippen molar-refractivity contribution in [2.24, 2.45) is 5.92 Å². The summed E-state index contributed by atoms with van der Waals surface area (Å²) in [4.78, 5) is 41.8. The Balaban J connectivity index is 1.91. The van der Waals surface area contributed by atoms with Gasteiger partial charge in [0.25, 0.3) is 11.5 Å². The van der Waals surface area contributed by atoms with Crippen LogP contribution < -0.4 is 10.9 Å². The first kappa shape index (κ1) is 20.3. The minimum Gasteiger partial charge on any atom is -0.467 e. The lowest BCUT2D eigenvalue weighted by atomic mass is 10.0. The number of hydrogen-bond acceptors (Lipinski definition) is 5. The summed E-state index contributed by atoms with van der Waals surface area (Å²) in [5.41, 5.74) is 1.46. The minimum absolute atomic E-state index is 0.115. The molecule has 2 aromatic carbocycles. The average molecular weight is 393 g/mol. The third kappa shape index (κ3) is 4.03. The molecule has 29 heavy (non-hydrogen) atoms. The number of benzene rings is 2. The monoisotopic (exact) mass is 393 g/mol. The number of carbonyl (C=O) groups is 2. The van der Waals surface area contributed by atoms with E-state index in [9.17, 15) is 14.4 Å². The minimum atomic E-state index is -0.735. The van der Waals surface area contributed by atoms with E-state index in [-0.39, 0.29) is 17.4 Å². The molecule has 0 saturated carbocycles. The van der Waals surface area contributed by atoms with Crippen LogP contribution in [0.2, 0.25) is 0 Å². The van der Waals surface area contributed by atoms with Crippen LogP contribution in [0.3, 0.4) is 0 Å². The molecule has 0 unspecified atom stereocenters. The fraction of sp³-hybridized carbons (Fsp3) is 0.273. The van der Waals surface area contributed by atoms with E-state index >= 15 is 0 Å². The molecule has 1 N–H and O–H groups in total. The Labute approximate surface area is 168 Å². The normalized spacial score (nSPS) is 12.0. The molecular weight excluding hydrogens is 370 g/mol. The highest BCUT2D eigenvalue weighted by Crippen LogP contribution is 2.14. The van der Waals surface area contributed by atoms with E-state index in [0.29, 0.717) is 28.0 Å². The van der Waals surface area contributed by atoms with Gasteiger partial charge in [0.2, 0.25) is 0 Å². The second-order valence-electron chi connectivity index (χ2n) is 7.08. The topological polar surface area (TPSA) is 90.3 Å². The number of amides is 1. The zero-order valence-corrected chi connectivity index (χ0v) is 16.8. The summed E-state index contributed by atoms with van der Waals surface area (Å²) in [7, 11) is 1.29. The standard InChI is InChI=1S/C22H23N3O4/c1-13(2)19(22(28)29-4)24-20(26)15-9-11-16(12-10-15)25-14(3)23-18-8-6-5-7-17(18)21(25)27/h5-13,19H,1-4H3,(H,24,26)/t19-/m0/s1. The average Bonchev–Trinajstić information content (AvgIpc) is 2.71. The molecule has 1 aromatic heterocycles. The van der Waals surface area contributed by atoms with Crippen LogP contribution in [0.5, 0.6) is 0 Å². The van der Waals surface area contributed by atoms with Crippen LogP contribution in [0.25, 0.3) is 16.6 Å². The van der Waals surface area contributed by atoms with Gasteiger partial charge in [-0.15, -0.1) is 0 Å². The first-order valence-corrected chi connectivity index (χ1v) is 9.31. The molecule has 150 valence electrons. The van der Waals surface area contributed by atoms with Gasteiger partial charge in [-0.25, -0.2) is 9.78 Å². The van der Waals surface area contributed by atoms with E-state index in [1.807, 2.05) is 19.9 Å². The van der Waals surface area contributed by atoms with Gasteiger partial charge in [0.05, 0.1) is 23.7 Å². The van der Waals surface area contributed by atoms with Gasteiger partial charge in [0.1, 0.15) is 11.9 Å². The van der Waals surface area contributed by atoms with E-state index in [0.717, 1.165) is 0 Å². The summed E-state index contributed by atoms with van der Waals surface area (Å²) >= 11 is 0. The van der Waals surface area contributed by atoms with Crippen molar-refractivity contribution in [2.45, 2.75) is 26.8 Å². The molecule has 0 fully saturated rings. The predicted molar refractivity (Wildman–Crippen MR) is 110 cm³/mol. The lowest BCUT2D eigenvalue weighted by Crippen LogP contribution is -2.45. The number of esters is 1. The molecule has 0 radical (unpaired) electrons. The molecule has 7 heteroatoms. The number of methoxy groups -OCH3 is 1. The van der Waals surface area contributed by atoms with Crippen LogP contribution in [0.1, 0.15) is 30.0 Å². The van der Waals surface area contributed by atoms with Crippen LogP contribution in [0, 0.1) is 12.8 Å². The Kier molecular flexibility index (Phi) is 5.77. The maximum atomic E-state index is 12.9. The van der Waals surface area contributed by atoms with Gasteiger partial charge >= 0.3 is 5.97 Å². The maximum Gasteiger partial charge on any atom is 0.328 e. The summed E-state index contributed by atoms with van der Waals surface area (Å²) in [5, 5.41) is 3.22. The number of hydrogen-bond donors (Lipinski definition) is 1. The molecule has 0 aliphatic rings. The zero-order chi connectivity index (χ0) is 21.1.